The molecule has 2 aromatic heterocycles. The molecule has 0 aliphatic carbocycles. The normalized spacial score (nSPS) is 10.6. The van der Waals surface area contributed by atoms with E-state index in [0.29, 0.717) is 17.3 Å². The van der Waals surface area contributed by atoms with Crippen LogP contribution in [0.15, 0.2) is 27.9 Å². The zero-order valence-electron chi connectivity index (χ0n) is 11.5. The molecule has 0 saturated carbocycles. The Balaban J connectivity index is 2.28. The number of nitrogens with zero attached hydrogens (tertiary/aromatic N) is 3. The van der Waals surface area contributed by atoms with Crippen LogP contribution >= 0.6 is 11.6 Å². The molecular formula is C13H15ClN4O2. The Labute approximate surface area is 120 Å². The summed E-state index contributed by atoms with van der Waals surface area (Å²) in [5, 5.41) is 3.54. The van der Waals surface area contributed by atoms with Crippen molar-refractivity contribution in [2.24, 2.45) is 14.1 Å². The van der Waals surface area contributed by atoms with Gasteiger partial charge in [0.25, 0.3) is 5.56 Å². The Hall–Kier alpha value is -2.08. The number of nitrogens with one attached hydrogen (secondary N) is 1. The lowest BCUT2D eigenvalue weighted by atomic mass is 10.2. The van der Waals surface area contributed by atoms with Gasteiger partial charge in [-0.3, -0.25) is 9.36 Å². The molecule has 0 aliphatic heterocycles. The Morgan fingerprint density at radius 2 is 2.00 bits per heavy atom. The zero-order valence-corrected chi connectivity index (χ0v) is 12.2. The van der Waals surface area contributed by atoms with E-state index in [0.717, 1.165) is 15.9 Å². The lowest BCUT2D eigenvalue weighted by Gasteiger charge is -2.10. The second-order valence-corrected chi connectivity index (χ2v) is 4.92. The monoisotopic (exact) mass is 294 g/mol. The van der Waals surface area contributed by atoms with Gasteiger partial charge < -0.3 is 9.88 Å². The van der Waals surface area contributed by atoms with Crippen LogP contribution in [0.3, 0.4) is 0 Å². The highest BCUT2D eigenvalue weighted by atomic mass is 35.5. The maximum atomic E-state index is 12.0. The molecule has 0 fully saturated rings. The van der Waals surface area contributed by atoms with Gasteiger partial charge in [0, 0.05) is 26.8 Å². The largest absolute Gasteiger partial charge is 0.379 e. The van der Waals surface area contributed by atoms with Gasteiger partial charge in [0.15, 0.2) is 0 Å². The van der Waals surface area contributed by atoms with E-state index in [9.17, 15) is 9.59 Å². The Morgan fingerprint density at radius 1 is 1.30 bits per heavy atom. The van der Waals surface area contributed by atoms with Crippen molar-refractivity contribution in [2.45, 2.75) is 13.5 Å². The van der Waals surface area contributed by atoms with Crippen LogP contribution in [-0.4, -0.2) is 14.1 Å². The molecule has 2 heterocycles. The van der Waals surface area contributed by atoms with E-state index in [1.165, 1.54) is 17.8 Å². The fraction of sp³-hybridized carbons (Fsp3) is 0.308. The first kappa shape index (κ1) is 14.3. The quantitative estimate of drug-likeness (QED) is 0.859. The second-order valence-electron chi connectivity index (χ2n) is 4.53. The third-order valence-corrected chi connectivity index (χ3v) is 3.25. The summed E-state index contributed by atoms with van der Waals surface area (Å²) in [4.78, 5) is 27.7. The van der Waals surface area contributed by atoms with Gasteiger partial charge in [-0.1, -0.05) is 11.6 Å². The zero-order chi connectivity index (χ0) is 14.9. The van der Waals surface area contributed by atoms with Crippen molar-refractivity contribution in [3.05, 3.63) is 55.6 Å². The summed E-state index contributed by atoms with van der Waals surface area (Å²) in [6.45, 7) is 2.14. The van der Waals surface area contributed by atoms with Gasteiger partial charge in [0.05, 0.1) is 16.9 Å². The summed E-state index contributed by atoms with van der Waals surface area (Å²) in [5.74, 6) is 0. The highest BCUT2D eigenvalue weighted by Gasteiger charge is 2.07. The van der Waals surface area contributed by atoms with Gasteiger partial charge in [-0.05, 0) is 19.1 Å². The van der Waals surface area contributed by atoms with Crippen molar-refractivity contribution < 1.29 is 0 Å². The number of aryl methyl sites for hydroxylation is 2. The van der Waals surface area contributed by atoms with Crippen LogP contribution in [0.5, 0.6) is 0 Å². The van der Waals surface area contributed by atoms with Crippen LogP contribution in [-0.2, 0) is 20.6 Å². The number of pyridine rings is 1. The predicted octanol–water partition coefficient (Wildman–Crippen LogP) is 1.05. The molecule has 0 aromatic carbocycles. The first-order valence-corrected chi connectivity index (χ1v) is 6.40. The van der Waals surface area contributed by atoms with E-state index in [1.54, 1.807) is 19.2 Å². The van der Waals surface area contributed by atoms with E-state index in [4.69, 9.17) is 11.6 Å². The van der Waals surface area contributed by atoms with Crippen molar-refractivity contribution in [1.29, 1.82) is 0 Å². The van der Waals surface area contributed by atoms with Gasteiger partial charge in [-0.25, -0.2) is 9.78 Å². The summed E-state index contributed by atoms with van der Waals surface area (Å²) < 4.78 is 2.47. The SMILES string of the molecule is Cc1nc(Cl)ccc1NCc1cn(C)c(=O)n(C)c1=O. The molecule has 0 spiro atoms. The van der Waals surface area contributed by atoms with Crippen LogP contribution < -0.4 is 16.6 Å². The summed E-state index contributed by atoms with van der Waals surface area (Å²) >= 11 is 5.79. The first-order valence-electron chi connectivity index (χ1n) is 6.02. The molecule has 0 aliphatic rings. The van der Waals surface area contributed by atoms with Crippen LogP contribution in [0.25, 0.3) is 0 Å². The van der Waals surface area contributed by atoms with Crippen LogP contribution in [0.4, 0.5) is 5.69 Å². The van der Waals surface area contributed by atoms with Crippen molar-refractivity contribution in [3.8, 4) is 0 Å². The number of aromatic nitrogens is 3. The average molecular weight is 295 g/mol. The molecule has 6 nitrogen and oxygen atoms in total. The fourth-order valence-corrected chi connectivity index (χ4v) is 2.10. The van der Waals surface area contributed by atoms with Gasteiger partial charge in [0.2, 0.25) is 0 Å². The lowest BCUT2D eigenvalue weighted by molar-refractivity contribution is 0.671. The minimum Gasteiger partial charge on any atom is -0.379 e. The molecule has 0 amide bonds. The molecular weight excluding hydrogens is 280 g/mol. The van der Waals surface area contributed by atoms with Gasteiger partial charge in [0.1, 0.15) is 5.15 Å². The molecule has 1 N–H and O–H groups in total. The maximum absolute atomic E-state index is 12.0. The topological polar surface area (TPSA) is 68.9 Å². The molecule has 2 rings (SSSR count). The molecule has 0 unspecified atom stereocenters. The second kappa shape index (κ2) is 5.50. The molecule has 0 saturated heterocycles. The number of rotatable bonds is 3. The summed E-state index contributed by atoms with van der Waals surface area (Å²) in [5.41, 5.74) is 1.40. The van der Waals surface area contributed by atoms with Crippen LogP contribution in [0.2, 0.25) is 5.15 Å². The third-order valence-electron chi connectivity index (χ3n) is 3.04. The van der Waals surface area contributed by atoms with Gasteiger partial charge in [-0.2, -0.15) is 0 Å². The summed E-state index contributed by atoms with van der Waals surface area (Å²) in [7, 11) is 3.07. The molecule has 0 atom stereocenters. The van der Waals surface area contributed by atoms with E-state index in [1.807, 2.05) is 6.92 Å². The highest BCUT2D eigenvalue weighted by molar-refractivity contribution is 6.29. The average Bonchev–Trinajstić information content (AvgIpc) is 2.40. The van der Waals surface area contributed by atoms with Gasteiger partial charge in [-0.15, -0.1) is 0 Å². The van der Waals surface area contributed by atoms with E-state index >= 15 is 0 Å². The molecule has 106 valence electrons. The summed E-state index contributed by atoms with van der Waals surface area (Å²) in [6.07, 6.45) is 1.54. The Morgan fingerprint density at radius 3 is 2.65 bits per heavy atom. The molecule has 0 radical (unpaired) electrons. The summed E-state index contributed by atoms with van der Waals surface area (Å²) in [6, 6.07) is 3.48. The standard InChI is InChI=1S/C13H15ClN4O2/c1-8-10(4-5-11(14)16-8)15-6-9-7-17(2)13(20)18(3)12(9)19/h4-5,7,15H,6H2,1-3H3. The van der Waals surface area contributed by atoms with E-state index in [2.05, 4.69) is 10.3 Å². The number of halogens is 1. The minimum atomic E-state index is -0.344. The highest BCUT2D eigenvalue weighted by Crippen LogP contribution is 2.15. The van der Waals surface area contributed by atoms with Crippen LogP contribution in [0.1, 0.15) is 11.3 Å². The smallest absolute Gasteiger partial charge is 0.330 e. The fourth-order valence-electron chi connectivity index (χ4n) is 1.91. The van der Waals surface area contributed by atoms with Gasteiger partial charge >= 0.3 is 5.69 Å². The first-order chi connectivity index (χ1) is 9.40. The van der Waals surface area contributed by atoms with Crippen molar-refractivity contribution in [3.63, 3.8) is 0 Å². The van der Waals surface area contributed by atoms with Crippen molar-refractivity contribution in [2.75, 3.05) is 5.32 Å². The Kier molecular flexibility index (Phi) is 3.94. The van der Waals surface area contributed by atoms with E-state index in [-0.39, 0.29) is 11.2 Å². The molecule has 0 bridgehead atoms. The van der Waals surface area contributed by atoms with Crippen molar-refractivity contribution >= 4 is 17.3 Å². The number of anilines is 1. The molecule has 7 heteroatoms. The van der Waals surface area contributed by atoms with E-state index < -0.39 is 0 Å². The maximum Gasteiger partial charge on any atom is 0.330 e. The van der Waals surface area contributed by atoms with Crippen LogP contribution in [0, 0.1) is 6.92 Å². The predicted molar refractivity (Wildman–Crippen MR) is 78.2 cm³/mol. The molecule has 20 heavy (non-hydrogen) atoms. The lowest BCUT2D eigenvalue weighted by Crippen LogP contribution is -2.38. The molecule has 2 aromatic rings. The minimum absolute atomic E-state index is 0.305. The number of hydrogen-bond donors (Lipinski definition) is 1. The Bertz CT molecular complexity index is 764. The third kappa shape index (κ3) is 2.75. The number of hydrogen-bond acceptors (Lipinski definition) is 4. The van der Waals surface area contributed by atoms with Crippen molar-refractivity contribution in [1.82, 2.24) is 14.1 Å².